The molecule has 0 spiro atoms. The van der Waals surface area contributed by atoms with Crippen molar-refractivity contribution in [2.45, 2.75) is 50.9 Å². The average Bonchev–Trinajstić information content (AvgIpc) is 2.62. The van der Waals surface area contributed by atoms with Crippen LogP contribution in [0.4, 0.5) is 19.0 Å². The van der Waals surface area contributed by atoms with Gasteiger partial charge in [0.05, 0.1) is 11.2 Å². The Morgan fingerprint density at radius 3 is 2.70 bits per heavy atom. The van der Waals surface area contributed by atoms with Crippen LogP contribution in [0.1, 0.15) is 39.3 Å². The molecule has 3 atom stereocenters. The van der Waals surface area contributed by atoms with E-state index in [9.17, 15) is 18.0 Å². The summed E-state index contributed by atoms with van der Waals surface area (Å²) < 4.78 is 47.4. The smallest absolute Gasteiger partial charge is 0.284 e. The number of hydrogen-bond acceptors (Lipinski definition) is 5. The van der Waals surface area contributed by atoms with E-state index in [1.807, 2.05) is 0 Å². The lowest BCUT2D eigenvalue weighted by Crippen LogP contribution is -2.55. The molecule has 1 amide bonds. The van der Waals surface area contributed by atoms with Crippen LogP contribution in [-0.4, -0.2) is 33.2 Å². The molecule has 1 aliphatic carbocycles. The number of carbonyl (C=O) groups is 1. The van der Waals surface area contributed by atoms with E-state index in [1.165, 1.54) is 50.4 Å². The third-order valence-corrected chi connectivity index (χ3v) is 4.70. The largest absolute Gasteiger partial charge is 0.482 e. The Bertz CT molecular complexity index is 976. The van der Waals surface area contributed by atoms with Gasteiger partial charge in [0.25, 0.3) is 6.43 Å². The predicted octanol–water partition coefficient (Wildman–Crippen LogP) is 4.19. The molecule has 0 saturated heterocycles. The van der Waals surface area contributed by atoms with Crippen molar-refractivity contribution >= 4 is 11.7 Å². The second-order valence-electron chi connectivity index (χ2n) is 7.85. The number of nitrogens with zero attached hydrogens (tertiary/aromatic N) is 2. The molecule has 30 heavy (non-hydrogen) atoms. The fourth-order valence-corrected chi connectivity index (χ4v) is 3.44. The lowest BCUT2D eigenvalue weighted by Gasteiger charge is -2.39. The second-order valence-corrected chi connectivity index (χ2v) is 7.85. The molecule has 0 saturated carbocycles. The van der Waals surface area contributed by atoms with Crippen molar-refractivity contribution in [1.82, 2.24) is 9.97 Å². The molecule has 160 valence electrons. The van der Waals surface area contributed by atoms with Gasteiger partial charge in [0, 0.05) is 25.1 Å². The molecule has 3 rings (SSSR count). The zero-order chi connectivity index (χ0) is 22.1. The number of pyridine rings is 2. The number of aromatic nitrogens is 2. The monoisotopic (exact) mass is 420 g/mol. The van der Waals surface area contributed by atoms with Crippen LogP contribution in [0.15, 0.2) is 42.6 Å². The molecule has 3 N–H and O–H groups in total. The molecule has 2 aromatic rings. The van der Waals surface area contributed by atoms with E-state index in [2.05, 4.69) is 15.3 Å². The minimum Gasteiger partial charge on any atom is -0.482 e. The summed E-state index contributed by atoms with van der Waals surface area (Å²) in [7, 11) is 0. The van der Waals surface area contributed by atoms with Crippen LogP contribution in [0.5, 0.6) is 5.75 Å². The van der Waals surface area contributed by atoms with Crippen molar-refractivity contribution in [3.63, 3.8) is 0 Å². The lowest BCUT2D eigenvalue weighted by atomic mass is 9.79. The summed E-state index contributed by atoms with van der Waals surface area (Å²) in [4.78, 5) is 19.3. The van der Waals surface area contributed by atoms with E-state index in [-0.39, 0.29) is 29.6 Å². The predicted molar refractivity (Wildman–Crippen MR) is 107 cm³/mol. The van der Waals surface area contributed by atoms with Gasteiger partial charge in [-0.15, -0.1) is 0 Å². The number of hydrogen-bond donors (Lipinski definition) is 2. The molecule has 9 heteroatoms. The van der Waals surface area contributed by atoms with E-state index in [4.69, 9.17) is 10.5 Å². The fraction of sp³-hybridized carbons (Fsp3) is 0.381. The topological polar surface area (TPSA) is 90.1 Å². The molecule has 1 aliphatic rings. The van der Waals surface area contributed by atoms with E-state index < -0.39 is 29.4 Å². The number of alkyl halides is 3. The Morgan fingerprint density at radius 1 is 1.33 bits per heavy atom. The highest BCUT2D eigenvalue weighted by atomic mass is 19.3. The first-order chi connectivity index (χ1) is 14.0. The first-order valence-corrected chi connectivity index (χ1v) is 9.34. The van der Waals surface area contributed by atoms with Crippen molar-refractivity contribution in [3.8, 4) is 17.0 Å². The molecule has 3 unspecified atom stereocenters. The highest BCUT2D eigenvalue weighted by Crippen LogP contribution is 2.36. The maximum atomic E-state index is 14.3. The summed E-state index contributed by atoms with van der Waals surface area (Å²) in [6.07, 6.45) is 0.513. The third kappa shape index (κ3) is 4.96. The summed E-state index contributed by atoms with van der Waals surface area (Å²) >= 11 is 0. The summed E-state index contributed by atoms with van der Waals surface area (Å²) in [6.45, 7) is 4.35. The second kappa shape index (κ2) is 8.06. The Balaban J connectivity index is 1.92. The average molecular weight is 420 g/mol. The quantitative estimate of drug-likeness (QED) is 0.708. The first kappa shape index (κ1) is 21.8. The van der Waals surface area contributed by atoms with Gasteiger partial charge in [0.2, 0.25) is 5.91 Å². The highest BCUT2D eigenvalue weighted by molar-refractivity contribution is 5.88. The number of ether oxygens (including phenoxy) is 1. The Labute approximate surface area is 172 Å². The number of nitrogens with two attached hydrogens (primary N) is 1. The summed E-state index contributed by atoms with van der Waals surface area (Å²) in [5.74, 6) is -0.153. The molecule has 0 radical (unpaired) electrons. The standard InChI is InChI=1S/C21H23F3N4O2/c1-12(29)27-17-10-13(7-9-26-17)14-4-5-15(18(28-14)19(22)23)30-16-6-8-20(2,24)11-21(16,3)25/h4-10,16,19H,11,25H2,1-3H3,(H,26,27,29). The maximum Gasteiger partial charge on any atom is 0.284 e. The van der Waals surface area contributed by atoms with Gasteiger partial charge in [0.1, 0.15) is 29.0 Å². The van der Waals surface area contributed by atoms with Crippen molar-refractivity contribution in [2.24, 2.45) is 5.73 Å². The van der Waals surface area contributed by atoms with Gasteiger partial charge >= 0.3 is 0 Å². The Kier molecular flexibility index (Phi) is 5.85. The van der Waals surface area contributed by atoms with Crippen molar-refractivity contribution in [1.29, 1.82) is 0 Å². The van der Waals surface area contributed by atoms with Crippen LogP contribution >= 0.6 is 0 Å². The minimum atomic E-state index is -2.90. The van der Waals surface area contributed by atoms with E-state index in [0.29, 0.717) is 5.56 Å². The fourth-order valence-electron chi connectivity index (χ4n) is 3.44. The zero-order valence-corrected chi connectivity index (χ0v) is 16.8. The van der Waals surface area contributed by atoms with Crippen LogP contribution < -0.4 is 15.8 Å². The number of allylic oxidation sites excluding steroid dienone is 1. The summed E-state index contributed by atoms with van der Waals surface area (Å²) in [6, 6.07) is 6.03. The van der Waals surface area contributed by atoms with E-state index in [0.717, 1.165) is 0 Å². The molecule has 0 aromatic carbocycles. The molecular formula is C21H23F3N4O2. The molecule has 0 aliphatic heterocycles. The van der Waals surface area contributed by atoms with Crippen LogP contribution in [0.25, 0.3) is 11.3 Å². The van der Waals surface area contributed by atoms with Crippen molar-refractivity contribution in [3.05, 3.63) is 48.3 Å². The normalized spacial score (nSPS) is 25.9. The van der Waals surface area contributed by atoms with Gasteiger partial charge in [-0.05, 0) is 50.3 Å². The molecule has 6 nitrogen and oxygen atoms in total. The lowest BCUT2D eigenvalue weighted by molar-refractivity contribution is -0.114. The third-order valence-electron chi connectivity index (χ3n) is 4.70. The SMILES string of the molecule is CC(=O)Nc1cc(-c2ccc(OC3C=CC(C)(F)CC3(C)N)c(C(F)F)n2)ccn1. The van der Waals surface area contributed by atoms with Gasteiger partial charge in [-0.1, -0.05) is 0 Å². The van der Waals surface area contributed by atoms with E-state index in [1.54, 1.807) is 13.0 Å². The molecule has 0 bridgehead atoms. The molecule has 0 fully saturated rings. The van der Waals surface area contributed by atoms with Crippen molar-refractivity contribution < 1.29 is 22.7 Å². The number of carbonyl (C=O) groups excluding carboxylic acids is 1. The maximum absolute atomic E-state index is 14.3. The van der Waals surface area contributed by atoms with Crippen LogP contribution in [0, 0.1) is 0 Å². The van der Waals surface area contributed by atoms with Crippen LogP contribution in [-0.2, 0) is 4.79 Å². The van der Waals surface area contributed by atoms with Gasteiger partial charge in [-0.25, -0.2) is 23.1 Å². The van der Waals surface area contributed by atoms with Gasteiger partial charge in [0.15, 0.2) is 0 Å². The van der Waals surface area contributed by atoms with E-state index >= 15 is 0 Å². The Hall–Kier alpha value is -2.94. The minimum absolute atomic E-state index is 0.0143. The first-order valence-electron chi connectivity index (χ1n) is 9.34. The summed E-state index contributed by atoms with van der Waals surface area (Å²) in [5, 5.41) is 2.53. The summed E-state index contributed by atoms with van der Waals surface area (Å²) in [5.41, 5.74) is 3.71. The van der Waals surface area contributed by atoms with Crippen molar-refractivity contribution in [2.75, 3.05) is 5.32 Å². The number of rotatable bonds is 5. The van der Waals surface area contributed by atoms with Crippen LogP contribution in [0.3, 0.4) is 0 Å². The van der Waals surface area contributed by atoms with Gasteiger partial charge < -0.3 is 15.8 Å². The van der Waals surface area contributed by atoms with Crippen LogP contribution in [0.2, 0.25) is 0 Å². The number of anilines is 1. The number of amides is 1. The Morgan fingerprint density at radius 2 is 2.07 bits per heavy atom. The van der Waals surface area contributed by atoms with Gasteiger partial charge in [-0.3, -0.25) is 4.79 Å². The molecular weight excluding hydrogens is 397 g/mol. The van der Waals surface area contributed by atoms with Gasteiger partial charge in [-0.2, -0.15) is 0 Å². The molecule has 2 heterocycles. The number of halogens is 3. The zero-order valence-electron chi connectivity index (χ0n) is 16.8. The number of nitrogens with one attached hydrogen (secondary N) is 1. The highest BCUT2D eigenvalue weighted by Gasteiger charge is 2.42. The molecule has 2 aromatic heterocycles.